The summed E-state index contributed by atoms with van der Waals surface area (Å²) in [5.74, 6) is 0.195. The summed E-state index contributed by atoms with van der Waals surface area (Å²) in [4.78, 5) is 26.5. The van der Waals surface area contributed by atoms with E-state index in [9.17, 15) is 9.59 Å². The lowest BCUT2D eigenvalue weighted by Gasteiger charge is -2.32. The minimum atomic E-state index is -0.119. The average Bonchev–Trinajstić information content (AvgIpc) is 2.59. The topological polar surface area (TPSA) is 75.4 Å². The van der Waals surface area contributed by atoms with Crippen molar-refractivity contribution in [2.45, 2.75) is 19.8 Å². The van der Waals surface area contributed by atoms with Crippen molar-refractivity contribution in [3.63, 3.8) is 0 Å². The Balaban J connectivity index is 1.91. The Hall–Kier alpha value is -1.88. The Morgan fingerprint density at radius 3 is 2.77 bits per heavy atom. The van der Waals surface area contributed by atoms with E-state index < -0.39 is 0 Å². The molecule has 5 nitrogen and oxygen atoms in total. The number of piperidine rings is 1. The molecule has 0 saturated carbocycles. The highest BCUT2D eigenvalue weighted by atomic mass is 16.2. The third kappa shape index (κ3) is 4.31. The number of nitrogens with two attached hydrogens (primary N) is 1. The first-order chi connectivity index (χ1) is 10.6. The highest BCUT2D eigenvalue weighted by Crippen LogP contribution is 2.19. The monoisotopic (exact) mass is 303 g/mol. The average molecular weight is 303 g/mol. The first-order valence-corrected chi connectivity index (χ1v) is 7.94. The minimum Gasteiger partial charge on any atom is -0.355 e. The second kappa shape index (κ2) is 7.94. The van der Waals surface area contributed by atoms with Crippen LogP contribution in [0.5, 0.6) is 0 Å². The lowest BCUT2D eigenvalue weighted by Crippen LogP contribution is -2.46. The molecule has 0 spiro atoms. The number of nitrogens with one attached hydrogen (secondary N) is 1. The van der Waals surface area contributed by atoms with Crippen LogP contribution >= 0.6 is 0 Å². The van der Waals surface area contributed by atoms with Crippen LogP contribution in [0.25, 0.3) is 0 Å². The van der Waals surface area contributed by atoms with Gasteiger partial charge in [0, 0.05) is 25.2 Å². The van der Waals surface area contributed by atoms with Gasteiger partial charge in [-0.05, 0) is 37.4 Å². The minimum absolute atomic E-state index is 0.00780. The molecular weight excluding hydrogens is 278 g/mol. The summed E-state index contributed by atoms with van der Waals surface area (Å²) < 4.78 is 0. The molecule has 22 heavy (non-hydrogen) atoms. The van der Waals surface area contributed by atoms with Crippen LogP contribution in [0, 0.1) is 11.8 Å². The first-order valence-electron chi connectivity index (χ1n) is 7.94. The molecule has 1 aliphatic heterocycles. The number of carbonyl (C=O) groups excluding carboxylic acids is 2. The van der Waals surface area contributed by atoms with Crippen LogP contribution < -0.4 is 11.1 Å². The molecule has 0 bridgehead atoms. The van der Waals surface area contributed by atoms with E-state index in [1.165, 1.54) is 0 Å². The maximum atomic E-state index is 12.5. The van der Waals surface area contributed by atoms with Crippen molar-refractivity contribution < 1.29 is 9.59 Å². The van der Waals surface area contributed by atoms with Crippen LogP contribution in [-0.4, -0.2) is 42.9 Å². The van der Waals surface area contributed by atoms with Gasteiger partial charge in [0.1, 0.15) is 0 Å². The molecule has 2 atom stereocenters. The summed E-state index contributed by atoms with van der Waals surface area (Å²) in [5, 5.41) is 2.95. The predicted molar refractivity (Wildman–Crippen MR) is 86.3 cm³/mol. The lowest BCUT2D eigenvalue weighted by atomic mass is 9.96. The molecule has 1 aromatic carbocycles. The van der Waals surface area contributed by atoms with E-state index in [1.54, 1.807) is 4.90 Å². The fourth-order valence-electron chi connectivity index (χ4n) is 2.64. The van der Waals surface area contributed by atoms with Crippen molar-refractivity contribution in [1.82, 2.24) is 10.2 Å². The second-order valence-corrected chi connectivity index (χ2v) is 6.04. The van der Waals surface area contributed by atoms with Crippen LogP contribution in [-0.2, 0) is 4.79 Å². The Kier molecular flexibility index (Phi) is 5.95. The van der Waals surface area contributed by atoms with E-state index in [4.69, 9.17) is 5.73 Å². The molecule has 1 saturated heterocycles. The molecule has 0 aromatic heterocycles. The SMILES string of the molecule is CC(CN)CNC(=O)C1CCCN(C(=O)c2ccccc2)C1. The molecular formula is C17H25N3O2. The van der Waals surface area contributed by atoms with E-state index in [0.29, 0.717) is 25.2 Å². The predicted octanol–water partition coefficient (Wildman–Crippen LogP) is 1.25. The number of carbonyl (C=O) groups is 2. The number of hydrogen-bond donors (Lipinski definition) is 2. The van der Waals surface area contributed by atoms with Crippen LogP contribution in [0.3, 0.4) is 0 Å². The molecule has 0 aliphatic carbocycles. The molecule has 2 rings (SSSR count). The van der Waals surface area contributed by atoms with Crippen molar-refractivity contribution in [3.05, 3.63) is 35.9 Å². The number of benzene rings is 1. The van der Waals surface area contributed by atoms with Gasteiger partial charge in [-0.15, -0.1) is 0 Å². The second-order valence-electron chi connectivity index (χ2n) is 6.04. The van der Waals surface area contributed by atoms with Gasteiger partial charge in [-0.3, -0.25) is 9.59 Å². The highest BCUT2D eigenvalue weighted by Gasteiger charge is 2.28. The van der Waals surface area contributed by atoms with Crippen molar-refractivity contribution in [2.24, 2.45) is 17.6 Å². The molecule has 0 radical (unpaired) electrons. The molecule has 1 aromatic rings. The number of rotatable bonds is 5. The van der Waals surface area contributed by atoms with E-state index in [1.807, 2.05) is 37.3 Å². The fraction of sp³-hybridized carbons (Fsp3) is 0.529. The Labute approximate surface area is 131 Å². The van der Waals surface area contributed by atoms with Gasteiger partial charge in [-0.25, -0.2) is 0 Å². The molecule has 3 N–H and O–H groups in total. The van der Waals surface area contributed by atoms with Crippen LogP contribution in [0.15, 0.2) is 30.3 Å². The summed E-state index contributed by atoms with van der Waals surface area (Å²) in [6.07, 6.45) is 1.70. The summed E-state index contributed by atoms with van der Waals surface area (Å²) in [6, 6.07) is 9.23. The number of nitrogens with zero attached hydrogens (tertiary/aromatic N) is 1. The van der Waals surface area contributed by atoms with Crippen molar-refractivity contribution in [1.29, 1.82) is 0 Å². The van der Waals surface area contributed by atoms with Gasteiger partial charge in [0.15, 0.2) is 0 Å². The van der Waals surface area contributed by atoms with Crippen LogP contribution in [0.2, 0.25) is 0 Å². The maximum Gasteiger partial charge on any atom is 0.253 e. The maximum absolute atomic E-state index is 12.5. The Morgan fingerprint density at radius 1 is 1.36 bits per heavy atom. The molecule has 1 aliphatic rings. The van der Waals surface area contributed by atoms with E-state index in [2.05, 4.69) is 5.32 Å². The Morgan fingerprint density at radius 2 is 2.09 bits per heavy atom. The lowest BCUT2D eigenvalue weighted by molar-refractivity contribution is -0.126. The zero-order chi connectivity index (χ0) is 15.9. The molecule has 1 fully saturated rings. The van der Waals surface area contributed by atoms with Crippen molar-refractivity contribution in [2.75, 3.05) is 26.2 Å². The first kappa shape index (κ1) is 16.5. The number of hydrogen-bond acceptors (Lipinski definition) is 3. The van der Waals surface area contributed by atoms with E-state index in [-0.39, 0.29) is 23.7 Å². The van der Waals surface area contributed by atoms with Crippen LogP contribution in [0.1, 0.15) is 30.1 Å². The summed E-state index contributed by atoms with van der Waals surface area (Å²) in [7, 11) is 0. The van der Waals surface area contributed by atoms with Gasteiger partial charge in [0.25, 0.3) is 5.91 Å². The number of likely N-dealkylation sites (tertiary alicyclic amines) is 1. The molecule has 1 heterocycles. The van der Waals surface area contributed by atoms with Gasteiger partial charge in [-0.1, -0.05) is 25.1 Å². The third-order valence-corrected chi connectivity index (χ3v) is 4.13. The highest BCUT2D eigenvalue weighted by molar-refractivity contribution is 5.94. The van der Waals surface area contributed by atoms with E-state index >= 15 is 0 Å². The summed E-state index contributed by atoms with van der Waals surface area (Å²) >= 11 is 0. The number of amides is 2. The van der Waals surface area contributed by atoms with Crippen molar-refractivity contribution in [3.8, 4) is 0 Å². The van der Waals surface area contributed by atoms with Gasteiger partial charge in [0.2, 0.25) is 5.91 Å². The van der Waals surface area contributed by atoms with Gasteiger partial charge >= 0.3 is 0 Å². The zero-order valence-electron chi connectivity index (χ0n) is 13.1. The van der Waals surface area contributed by atoms with Gasteiger partial charge in [-0.2, -0.15) is 0 Å². The van der Waals surface area contributed by atoms with Crippen LogP contribution in [0.4, 0.5) is 0 Å². The van der Waals surface area contributed by atoms with E-state index in [0.717, 1.165) is 19.4 Å². The molecule has 2 amide bonds. The largest absolute Gasteiger partial charge is 0.355 e. The normalized spacial score (nSPS) is 19.5. The Bertz CT molecular complexity index is 504. The molecule has 2 unspecified atom stereocenters. The van der Waals surface area contributed by atoms with Gasteiger partial charge in [0.05, 0.1) is 5.92 Å². The molecule has 5 heteroatoms. The third-order valence-electron chi connectivity index (χ3n) is 4.13. The smallest absolute Gasteiger partial charge is 0.253 e. The fourth-order valence-corrected chi connectivity index (χ4v) is 2.64. The summed E-state index contributed by atoms with van der Waals surface area (Å²) in [6.45, 7) is 4.38. The molecule has 120 valence electrons. The van der Waals surface area contributed by atoms with Crippen molar-refractivity contribution >= 4 is 11.8 Å². The quantitative estimate of drug-likeness (QED) is 0.859. The standard InChI is InChI=1S/C17H25N3O2/c1-13(10-18)11-19-16(21)15-8-5-9-20(12-15)17(22)14-6-3-2-4-7-14/h2-4,6-7,13,15H,5,8-12,18H2,1H3,(H,19,21). The van der Waals surface area contributed by atoms with Gasteiger partial charge < -0.3 is 16.0 Å². The summed E-state index contributed by atoms with van der Waals surface area (Å²) in [5.41, 5.74) is 6.24. The zero-order valence-corrected chi connectivity index (χ0v) is 13.1.